The number of allylic oxidation sites excluding steroid dienone is 2. The highest BCUT2D eigenvalue weighted by Crippen LogP contribution is 2.18. The van der Waals surface area contributed by atoms with Crippen molar-refractivity contribution in [3.05, 3.63) is 24.7 Å². The average Bonchev–Trinajstić information content (AvgIpc) is 2.60. The molecule has 6 heteroatoms. The summed E-state index contributed by atoms with van der Waals surface area (Å²) in [5.74, 6) is 0.276. The van der Waals surface area contributed by atoms with Crippen molar-refractivity contribution in [2.24, 2.45) is 11.8 Å². The lowest BCUT2D eigenvalue weighted by Crippen LogP contribution is -2.13. The Morgan fingerprint density at radius 1 is 0.760 bits per heavy atom. The smallest absolute Gasteiger partial charge is 0.311 e. The lowest BCUT2D eigenvalue weighted by Gasteiger charge is -2.15. The molecule has 6 nitrogen and oxygen atoms in total. The predicted octanol–water partition coefficient (Wildman–Crippen LogP) is 3.12. The van der Waals surface area contributed by atoms with E-state index >= 15 is 0 Å². The molecular formula is C19H28O6. The Labute approximate surface area is 149 Å². The number of carbonyl (C=O) groups is 2. The molecule has 0 bridgehead atoms. The molecule has 0 amide bonds. The third-order valence-electron chi connectivity index (χ3n) is 4.26. The first-order valence-electron chi connectivity index (χ1n) is 9.12. The summed E-state index contributed by atoms with van der Waals surface area (Å²) in [5, 5.41) is 0. The summed E-state index contributed by atoms with van der Waals surface area (Å²) >= 11 is 0. The normalized spacial score (nSPS) is 22.7. The SMILES string of the molecule is O=C1CC(CCCOCCCOCCCC2C=COC(=O)C2)C=CO1. The molecule has 2 rings (SSSR count). The van der Waals surface area contributed by atoms with E-state index < -0.39 is 0 Å². The molecule has 25 heavy (non-hydrogen) atoms. The molecule has 0 aromatic rings. The number of carbonyl (C=O) groups excluding carboxylic acids is 2. The molecule has 0 aromatic heterocycles. The van der Waals surface area contributed by atoms with Crippen molar-refractivity contribution in [2.75, 3.05) is 26.4 Å². The van der Waals surface area contributed by atoms with Crippen molar-refractivity contribution in [3.8, 4) is 0 Å². The largest absolute Gasteiger partial charge is 0.435 e. The number of esters is 2. The minimum absolute atomic E-state index is 0.148. The predicted molar refractivity (Wildman–Crippen MR) is 91.4 cm³/mol. The molecule has 0 fully saturated rings. The minimum Gasteiger partial charge on any atom is -0.435 e. The first-order valence-corrected chi connectivity index (χ1v) is 9.12. The van der Waals surface area contributed by atoms with E-state index in [-0.39, 0.29) is 23.8 Å². The lowest BCUT2D eigenvalue weighted by molar-refractivity contribution is -0.140. The van der Waals surface area contributed by atoms with Gasteiger partial charge in [-0.15, -0.1) is 0 Å². The van der Waals surface area contributed by atoms with Crippen molar-refractivity contribution in [2.45, 2.75) is 44.9 Å². The van der Waals surface area contributed by atoms with E-state index in [2.05, 4.69) is 0 Å². The maximum absolute atomic E-state index is 11.1. The Bertz CT molecular complexity index is 429. The standard InChI is InChI=1S/C19H28O6/c20-18-14-16(6-12-24-18)4-1-8-22-10-3-11-23-9-2-5-17-7-13-25-19(21)15-17/h6-7,12-13,16-17H,1-5,8-11,14-15H2. The van der Waals surface area contributed by atoms with E-state index in [0.717, 1.165) is 32.1 Å². The van der Waals surface area contributed by atoms with Gasteiger partial charge in [-0.05, 0) is 56.1 Å². The van der Waals surface area contributed by atoms with Crippen molar-refractivity contribution < 1.29 is 28.5 Å². The maximum Gasteiger partial charge on any atom is 0.311 e. The van der Waals surface area contributed by atoms with Crippen LogP contribution in [0.25, 0.3) is 0 Å². The van der Waals surface area contributed by atoms with Gasteiger partial charge >= 0.3 is 11.9 Å². The molecular weight excluding hydrogens is 324 g/mol. The number of hydrogen-bond donors (Lipinski definition) is 0. The zero-order chi connectivity index (χ0) is 17.7. The molecule has 2 heterocycles. The highest BCUT2D eigenvalue weighted by atomic mass is 16.5. The third kappa shape index (κ3) is 8.84. The van der Waals surface area contributed by atoms with E-state index in [9.17, 15) is 9.59 Å². The van der Waals surface area contributed by atoms with Crippen LogP contribution >= 0.6 is 0 Å². The third-order valence-corrected chi connectivity index (χ3v) is 4.26. The molecule has 0 N–H and O–H groups in total. The summed E-state index contributed by atoms with van der Waals surface area (Å²) in [7, 11) is 0. The van der Waals surface area contributed by atoms with Gasteiger partial charge in [0.25, 0.3) is 0 Å². The number of ether oxygens (including phenoxy) is 4. The average molecular weight is 352 g/mol. The lowest BCUT2D eigenvalue weighted by atomic mass is 9.99. The van der Waals surface area contributed by atoms with Crippen molar-refractivity contribution in [1.29, 1.82) is 0 Å². The summed E-state index contributed by atoms with van der Waals surface area (Å²) in [6, 6.07) is 0. The van der Waals surface area contributed by atoms with Crippen LogP contribution < -0.4 is 0 Å². The first-order chi connectivity index (χ1) is 12.2. The second-order valence-corrected chi connectivity index (χ2v) is 6.43. The van der Waals surface area contributed by atoms with Gasteiger partial charge in [0.05, 0.1) is 25.4 Å². The van der Waals surface area contributed by atoms with Crippen LogP contribution in [-0.4, -0.2) is 38.4 Å². The zero-order valence-electron chi connectivity index (χ0n) is 14.7. The van der Waals surface area contributed by atoms with Crippen LogP contribution in [0.5, 0.6) is 0 Å². The first kappa shape index (κ1) is 19.7. The van der Waals surface area contributed by atoms with E-state index in [1.165, 1.54) is 12.5 Å². The molecule has 2 atom stereocenters. The van der Waals surface area contributed by atoms with Gasteiger partial charge in [-0.1, -0.05) is 0 Å². The van der Waals surface area contributed by atoms with Crippen LogP contribution in [0.15, 0.2) is 24.7 Å². The van der Waals surface area contributed by atoms with E-state index in [0.29, 0.717) is 39.3 Å². The number of cyclic esters (lactones) is 2. The molecule has 0 aromatic carbocycles. The van der Waals surface area contributed by atoms with Crippen LogP contribution in [-0.2, 0) is 28.5 Å². The van der Waals surface area contributed by atoms with Crippen LogP contribution in [0.4, 0.5) is 0 Å². The van der Waals surface area contributed by atoms with E-state index in [1.54, 1.807) is 0 Å². The van der Waals surface area contributed by atoms with Gasteiger partial charge in [0.2, 0.25) is 0 Å². The minimum atomic E-state index is -0.148. The summed E-state index contributed by atoms with van der Waals surface area (Å²) in [5.41, 5.74) is 0. The molecule has 0 radical (unpaired) electrons. The second kappa shape index (κ2) is 11.8. The Balaban J connectivity index is 1.33. The molecule has 0 saturated carbocycles. The van der Waals surface area contributed by atoms with Crippen LogP contribution in [0.1, 0.15) is 44.9 Å². The van der Waals surface area contributed by atoms with Gasteiger partial charge in [0.15, 0.2) is 0 Å². The molecule has 0 saturated heterocycles. The van der Waals surface area contributed by atoms with Gasteiger partial charge in [0.1, 0.15) is 0 Å². The summed E-state index contributed by atoms with van der Waals surface area (Å²) in [6.07, 6.45) is 12.5. The highest BCUT2D eigenvalue weighted by molar-refractivity contribution is 5.71. The summed E-state index contributed by atoms with van der Waals surface area (Å²) < 4.78 is 20.7. The van der Waals surface area contributed by atoms with Crippen molar-refractivity contribution in [1.82, 2.24) is 0 Å². The van der Waals surface area contributed by atoms with Gasteiger partial charge in [0, 0.05) is 26.4 Å². The Kier molecular flexibility index (Phi) is 9.29. The van der Waals surface area contributed by atoms with E-state index in [1.807, 2.05) is 12.2 Å². The number of hydrogen-bond acceptors (Lipinski definition) is 6. The molecule has 0 spiro atoms. The van der Waals surface area contributed by atoms with Crippen molar-refractivity contribution >= 4 is 11.9 Å². The Hall–Kier alpha value is -1.66. The highest BCUT2D eigenvalue weighted by Gasteiger charge is 2.16. The monoisotopic (exact) mass is 352 g/mol. The summed E-state index contributed by atoms with van der Waals surface area (Å²) in [4.78, 5) is 22.2. The second-order valence-electron chi connectivity index (χ2n) is 6.43. The van der Waals surface area contributed by atoms with Crippen molar-refractivity contribution in [3.63, 3.8) is 0 Å². The van der Waals surface area contributed by atoms with Gasteiger partial charge in [-0.25, -0.2) is 0 Å². The van der Waals surface area contributed by atoms with Crippen LogP contribution in [0.3, 0.4) is 0 Å². The molecule has 2 unspecified atom stereocenters. The fourth-order valence-corrected chi connectivity index (χ4v) is 2.87. The fraction of sp³-hybridized carbons (Fsp3) is 0.684. The van der Waals surface area contributed by atoms with E-state index in [4.69, 9.17) is 18.9 Å². The van der Waals surface area contributed by atoms with Gasteiger partial charge in [-0.3, -0.25) is 9.59 Å². The van der Waals surface area contributed by atoms with Crippen LogP contribution in [0, 0.1) is 11.8 Å². The Morgan fingerprint density at radius 3 is 1.64 bits per heavy atom. The molecule has 2 aliphatic heterocycles. The zero-order valence-corrected chi connectivity index (χ0v) is 14.7. The topological polar surface area (TPSA) is 71.1 Å². The Morgan fingerprint density at radius 2 is 1.20 bits per heavy atom. The number of rotatable bonds is 12. The molecule has 0 aliphatic carbocycles. The van der Waals surface area contributed by atoms with Crippen LogP contribution in [0.2, 0.25) is 0 Å². The molecule has 140 valence electrons. The maximum atomic E-state index is 11.1. The quantitative estimate of drug-likeness (QED) is 0.397. The fourth-order valence-electron chi connectivity index (χ4n) is 2.87. The van der Waals surface area contributed by atoms with Gasteiger partial charge in [-0.2, -0.15) is 0 Å². The molecule has 2 aliphatic rings. The summed E-state index contributed by atoms with van der Waals surface area (Å²) in [6.45, 7) is 2.81. The van der Waals surface area contributed by atoms with Gasteiger partial charge < -0.3 is 18.9 Å².